The number of rotatable bonds is 14. The number of halogens is 5. The van der Waals surface area contributed by atoms with E-state index in [-0.39, 0.29) is 42.1 Å². The minimum Gasteiger partial charge on any atom is -0.481 e. The summed E-state index contributed by atoms with van der Waals surface area (Å²) < 4.78 is 68.9. The Kier molecular flexibility index (Phi) is 12.9. The number of benzene rings is 2. The molecule has 266 valence electrons. The summed E-state index contributed by atoms with van der Waals surface area (Å²) in [5.41, 5.74) is 1.16. The van der Waals surface area contributed by atoms with E-state index >= 15 is 4.39 Å². The first-order valence-electron chi connectivity index (χ1n) is 15.6. The fraction of sp³-hybridized carbons (Fsp3) is 0.429. The number of nitrogens with zero attached hydrogens (tertiary/aromatic N) is 2. The van der Waals surface area contributed by atoms with Gasteiger partial charge in [0.15, 0.2) is 0 Å². The predicted molar refractivity (Wildman–Crippen MR) is 174 cm³/mol. The van der Waals surface area contributed by atoms with Crippen molar-refractivity contribution >= 4 is 17.8 Å². The van der Waals surface area contributed by atoms with Gasteiger partial charge in [-0.25, -0.2) is 8.78 Å². The van der Waals surface area contributed by atoms with Gasteiger partial charge in [0.05, 0.1) is 19.0 Å². The number of aromatic nitrogens is 1. The average Bonchev–Trinajstić information content (AvgIpc) is 2.95. The van der Waals surface area contributed by atoms with Gasteiger partial charge in [-0.05, 0) is 104 Å². The topological polar surface area (TPSA) is 121 Å². The number of hydrogen-bond acceptors (Lipinski definition) is 5. The highest BCUT2D eigenvalue weighted by atomic mass is 19.4. The van der Waals surface area contributed by atoms with Crippen LogP contribution in [0.25, 0.3) is 11.1 Å². The van der Waals surface area contributed by atoms with Crippen molar-refractivity contribution in [3.63, 3.8) is 0 Å². The maximum absolute atomic E-state index is 15.7. The van der Waals surface area contributed by atoms with E-state index in [2.05, 4.69) is 10.6 Å². The Balaban J connectivity index is 1.92. The first-order valence-corrected chi connectivity index (χ1v) is 15.6. The maximum Gasteiger partial charge on any atom is 0.401 e. The van der Waals surface area contributed by atoms with Crippen LogP contribution in [0.3, 0.4) is 0 Å². The normalized spacial score (nSPS) is 13.0. The summed E-state index contributed by atoms with van der Waals surface area (Å²) in [7, 11) is 1.25. The number of nitrogens with one attached hydrogen (secondary N) is 2. The van der Waals surface area contributed by atoms with Crippen molar-refractivity contribution in [1.82, 2.24) is 20.1 Å². The summed E-state index contributed by atoms with van der Waals surface area (Å²) in [5, 5.41) is 14.8. The van der Waals surface area contributed by atoms with Gasteiger partial charge in [0.25, 0.3) is 11.5 Å². The maximum atomic E-state index is 15.7. The molecular formula is C35H41F5N4O5. The first kappa shape index (κ1) is 38.9. The van der Waals surface area contributed by atoms with Crippen LogP contribution in [0.5, 0.6) is 0 Å². The highest BCUT2D eigenvalue weighted by molar-refractivity contribution is 5.97. The van der Waals surface area contributed by atoms with E-state index in [1.54, 1.807) is 33.8 Å². The molecule has 49 heavy (non-hydrogen) atoms. The highest BCUT2D eigenvalue weighted by Crippen LogP contribution is 2.34. The second-order valence-corrected chi connectivity index (χ2v) is 12.7. The van der Waals surface area contributed by atoms with E-state index in [1.165, 1.54) is 50.5 Å². The van der Waals surface area contributed by atoms with Gasteiger partial charge in [0.1, 0.15) is 23.2 Å². The summed E-state index contributed by atoms with van der Waals surface area (Å²) in [6, 6.07) is 5.56. The number of carboxylic acids is 1. The average molecular weight is 693 g/mol. The minimum absolute atomic E-state index is 0.0656. The lowest BCUT2D eigenvalue weighted by molar-refractivity contribution is -0.143. The monoisotopic (exact) mass is 692 g/mol. The summed E-state index contributed by atoms with van der Waals surface area (Å²) >= 11 is 0. The third-order valence-electron chi connectivity index (χ3n) is 7.91. The number of amides is 2. The van der Waals surface area contributed by atoms with Gasteiger partial charge in [-0.2, -0.15) is 13.2 Å². The number of carbonyl (C=O) groups excluding carboxylic acids is 2. The van der Waals surface area contributed by atoms with Crippen molar-refractivity contribution in [3.8, 4) is 11.1 Å². The number of likely N-dealkylation sites (N-methyl/N-ethyl adjacent to an activating group) is 1. The summed E-state index contributed by atoms with van der Waals surface area (Å²) in [5.74, 6) is -4.45. The van der Waals surface area contributed by atoms with Crippen molar-refractivity contribution in [2.24, 2.45) is 5.92 Å². The summed E-state index contributed by atoms with van der Waals surface area (Å²) in [6.45, 7) is 6.95. The molecule has 0 bridgehead atoms. The summed E-state index contributed by atoms with van der Waals surface area (Å²) in [4.78, 5) is 53.0. The Labute approximate surface area is 281 Å². The number of carboxylic acid groups (broad SMARTS) is 1. The second kappa shape index (κ2) is 16.2. The minimum atomic E-state index is -4.43. The molecule has 2 aromatic carbocycles. The molecule has 3 rings (SSSR count). The van der Waals surface area contributed by atoms with Gasteiger partial charge in [-0.3, -0.25) is 24.1 Å². The number of carbonyl (C=O) groups is 3. The van der Waals surface area contributed by atoms with E-state index in [4.69, 9.17) is 0 Å². The molecule has 0 aliphatic rings. The zero-order valence-corrected chi connectivity index (χ0v) is 28.2. The van der Waals surface area contributed by atoms with Crippen LogP contribution in [-0.4, -0.2) is 64.7 Å². The van der Waals surface area contributed by atoms with Crippen LogP contribution >= 0.6 is 0 Å². The van der Waals surface area contributed by atoms with E-state index in [0.29, 0.717) is 22.3 Å². The van der Waals surface area contributed by atoms with E-state index in [1.807, 2.05) is 0 Å². The van der Waals surface area contributed by atoms with Crippen molar-refractivity contribution < 1.29 is 41.4 Å². The Bertz CT molecular complexity index is 1730. The fourth-order valence-corrected chi connectivity index (χ4v) is 5.73. The molecule has 14 heteroatoms. The molecular weight excluding hydrogens is 651 g/mol. The number of aryl methyl sites for hydroxylation is 3. The SMILES string of the molecule is Cc1cc(-c2c(C)cc(F)cc2C)cc([C@H](CC(=O)O)NC(=O)[C@H](CC(C)C)NC(=O)c2cccn(CCN(C)CC(F)(F)F)c2=O)c1F. The standard InChI is InChI=1S/C35H41F5N4O5/c1-19(2)12-28(42-32(47)25-8-7-9-44(34(25)49)11-10-43(6)18-35(38,39)40)33(48)41-27(17-29(45)46)26-16-23(13-22(5)31(26)37)30-20(3)14-24(36)15-21(30)4/h7-9,13-16,19,27-28H,10-12,17-18H2,1-6H3,(H,41,48)(H,42,47)(H,45,46)/t27-,28-/m0/s1. The third kappa shape index (κ3) is 10.7. The molecule has 0 saturated carbocycles. The largest absolute Gasteiger partial charge is 0.481 e. The molecule has 9 nitrogen and oxygen atoms in total. The molecule has 0 aliphatic heterocycles. The van der Waals surface area contributed by atoms with Gasteiger partial charge in [0.2, 0.25) is 5.91 Å². The lowest BCUT2D eigenvalue weighted by Gasteiger charge is -2.25. The fourth-order valence-electron chi connectivity index (χ4n) is 5.73. The van der Waals surface area contributed by atoms with Gasteiger partial charge >= 0.3 is 12.1 Å². The van der Waals surface area contributed by atoms with E-state index in [9.17, 15) is 41.8 Å². The first-order chi connectivity index (χ1) is 22.8. The van der Waals surface area contributed by atoms with Crippen LogP contribution in [-0.2, 0) is 16.1 Å². The van der Waals surface area contributed by atoms with Crippen molar-refractivity contribution in [2.75, 3.05) is 20.1 Å². The number of hydrogen-bond donors (Lipinski definition) is 3. The zero-order chi connectivity index (χ0) is 36.8. The van der Waals surface area contributed by atoms with Crippen LogP contribution in [0.1, 0.15) is 65.3 Å². The smallest absolute Gasteiger partial charge is 0.401 e. The van der Waals surface area contributed by atoms with Crippen LogP contribution in [0.4, 0.5) is 22.0 Å². The molecule has 0 radical (unpaired) electrons. The number of pyridine rings is 1. The summed E-state index contributed by atoms with van der Waals surface area (Å²) in [6.07, 6.45) is -3.74. The second-order valence-electron chi connectivity index (χ2n) is 12.7. The van der Waals surface area contributed by atoms with Crippen LogP contribution in [0.2, 0.25) is 0 Å². The van der Waals surface area contributed by atoms with Gasteiger partial charge in [0, 0.05) is 24.8 Å². The molecule has 2 atom stereocenters. The Morgan fingerprint density at radius 1 is 0.980 bits per heavy atom. The van der Waals surface area contributed by atoms with Crippen molar-refractivity contribution in [3.05, 3.63) is 92.4 Å². The Hall–Kier alpha value is -4.59. The van der Waals surface area contributed by atoms with Gasteiger partial charge in [-0.1, -0.05) is 13.8 Å². The van der Waals surface area contributed by atoms with Gasteiger partial charge in [-0.15, -0.1) is 0 Å². The highest BCUT2D eigenvalue weighted by Gasteiger charge is 2.31. The van der Waals surface area contributed by atoms with Crippen molar-refractivity contribution in [2.45, 2.75) is 72.3 Å². The molecule has 3 aromatic rings. The Morgan fingerprint density at radius 2 is 1.61 bits per heavy atom. The molecule has 0 fully saturated rings. The van der Waals surface area contributed by atoms with E-state index < -0.39 is 66.2 Å². The number of aliphatic carboxylic acids is 1. The third-order valence-corrected chi connectivity index (χ3v) is 7.91. The molecule has 1 aromatic heterocycles. The molecule has 3 N–H and O–H groups in total. The molecule has 2 amide bonds. The van der Waals surface area contributed by atoms with Crippen LogP contribution < -0.4 is 16.2 Å². The lowest BCUT2D eigenvalue weighted by atomic mass is 9.90. The van der Waals surface area contributed by atoms with Crippen LogP contribution in [0.15, 0.2) is 47.4 Å². The molecule has 0 spiro atoms. The number of alkyl halides is 3. The molecule has 1 heterocycles. The Morgan fingerprint density at radius 3 is 2.18 bits per heavy atom. The van der Waals surface area contributed by atoms with E-state index in [0.717, 1.165) is 9.47 Å². The van der Waals surface area contributed by atoms with Gasteiger partial charge < -0.3 is 20.3 Å². The predicted octanol–water partition coefficient (Wildman–Crippen LogP) is 5.69. The zero-order valence-electron chi connectivity index (χ0n) is 28.2. The van der Waals surface area contributed by atoms with Crippen LogP contribution in [0, 0.1) is 38.3 Å². The lowest BCUT2D eigenvalue weighted by Crippen LogP contribution is -2.49. The van der Waals surface area contributed by atoms with Crippen molar-refractivity contribution in [1.29, 1.82) is 0 Å². The molecule has 0 saturated heterocycles. The molecule has 0 unspecified atom stereocenters. The molecule has 0 aliphatic carbocycles. The quantitative estimate of drug-likeness (QED) is 0.187.